The number of pyridine rings is 1. The van der Waals surface area contributed by atoms with Crippen LogP contribution in [0.15, 0.2) is 30.6 Å². The molecule has 96 valence electrons. The quantitative estimate of drug-likeness (QED) is 0.885. The minimum Gasteiger partial charge on any atom is -0.318 e. The van der Waals surface area contributed by atoms with Crippen molar-refractivity contribution in [3.63, 3.8) is 0 Å². The fourth-order valence-electron chi connectivity index (χ4n) is 2.84. The fourth-order valence-corrected chi connectivity index (χ4v) is 2.84. The normalized spacial score (nSPS) is 20.8. The molecule has 0 aromatic carbocycles. The summed E-state index contributed by atoms with van der Waals surface area (Å²) in [7, 11) is 2.03. The lowest BCUT2D eigenvalue weighted by atomic mass is 10.2. The van der Waals surface area contributed by atoms with Crippen LogP contribution in [-0.2, 0) is 6.54 Å². The largest absolute Gasteiger partial charge is 0.318 e. The van der Waals surface area contributed by atoms with Crippen molar-refractivity contribution in [1.29, 1.82) is 0 Å². The molecule has 18 heavy (non-hydrogen) atoms. The molecular formula is C14H20N4. The molecule has 0 radical (unpaired) electrons. The number of imidazole rings is 1. The van der Waals surface area contributed by atoms with Gasteiger partial charge in [0.2, 0.25) is 0 Å². The first-order valence-electron chi connectivity index (χ1n) is 6.68. The van der Waals surface area contributed by atoms with E-state index in [2.05, 4.69) is 38.1 Å². The van der Waals surface area contributed by atoms with E-state index in [1.165, 1.54) is 25.1 Å². The zero-order valence-corrected chi connectivity index (χ0v) is 10.8. The van der Waals surface area contributed by atoms with Crippen LogP contribution in [0.3, 0.4) is 0 Å². The van der Waals surface area contributed by atoms with Gasteiger partial charge in [-0.15, -0.1) is 0 Å². The number of rotatable bonds is 4. The van der Waals surface area contributed by atoms with Gasteiger partial charge in [0, 0.05) is 31.5 Å². The highest BCUT2D eigenvalue weighted by Gasteiger charge is 2.24. The third-order valence-corrected chi connectivity index (χ3v) is 3.72. The van der Waals surface area contributed by atoms with E-state index in [4.69, 9.17) is 0 Å². The van der Waals surface area contributed by atoms with Gasteiger partial charge in [0.25, 0.3) is 0 Å². The van der Waals surface area contributed by atoms with Crippen LogP contribution >= 0.6 is 0 Å². The number of nitrogens with one attached hydrogen (secondary N) is 1. The lowest BCUT2D eigenvalue weighted by Gasteiger charge is -2.23. The van der Waals surface area contributed by atoms with Crippen LogP contribution in [0.25, 0.3) is 5.65 Å². The molecule has 1 aliphatic rings. The molecule has 1 saturated heterocycles. The van der Waals surface area contributed by atoms with Crippen molar-refractivity contribution >= 4 is 5.65 Å². The smallest absolute Gasteiger partial charge is 0.137 e. The molecule has 1 atom stereocenters. The molecule has 4 nitrogen and oxygen atoms in total. The Labute approximate surface area is 108 Å². The maximum atomic E-state index is 4.67. The van der Waals surface area contributed by atoms with Gasteiger partial charge in [0.15, 0.2) is 0 Å². The van der Waals surface area contributed by atoms with E-state index in [0.717, 1.165) is 18.7 Å². The van der Waals surface area contributed by atoms with Crippen LogP contribution in [0.1, 0.15) is 18.5 Å². The van der Waals surface area contributed by atoms with Gasteiger partial charge in [-0.25, -0.2) is 4.98 Å². The van der Waals surface area contributed by atoms with Crippen molar-refractivity contribution in [3.05, 3.63) is 36.3 Å². The molecule has 2 aromatic heterocycles. The van der Waals surface area contributed by atoms with Crippen molar-refractivity contribution in [1.82, 2.24) is 19.6 Å². The van der Waals surface area contributed by atoms with Crippen LogP contribution < -0.4 is 5.32 Å². The van der Waals surface area contributed by atoms with Crippen LogP contribution in [0.2, 0.25) is 0 Å². The zero-order chi connectivity index (χ0) is 12.4. The van der Waals surface area contributed by atoms with Gasteiger partial charge in [-0.05, 0) is 38.6 Å². The molecule has 4 heteroatoms. The topological polar surface area (TPSA) is 32.6 Å². The van der Waals surface area contributed by atoms with Crippen molar-refractivity contribution in [2.45, 2.75) is 25.4 Å². The second-order valence-electron chi connectivity index (χ2n) is 5.02. The highest BCUT2D eigenvalue weighted by molar-refractivity contribution is 5.39. The number of hydrogen-bond donors (Lipinski definition) is 1. The van der Waals surface area contributed by atoms with E-state index >= 15 is 0 Å². The molecule has 0 saturated carbocycles. The Morgan fingerprint density at radius 1 is 1.44 bits per heavy atom. The monoisotopic (exact) mass is 244 g/mol. The first kappa shape index (κ1) is 11.7. The Morgan fingerprint density at radius 3 is 3.22 bits per heavy atom. The summed E-state index contributed by atoms with van der Waals surface area (Å²) in [6, 6.07) is 6.79. The summed E-state index contributed by atoms with van der Waals surface area (Å²) in [4.78, 5) is 7.21. The van der Waals surface area contributed by atoms with Gasteiger partial charge >= 0.3 is 0 Å². The minimum absolute atomic E-state index is 0.666. The summed E-state index contributed by atoms with van der Waals surface area (Å²) in [5.74, 6) is 0. The molecule has 1 N–H and O–H groups in total. The van der Waals surface area contributed by atoms with E-state index in [9.17, 15) is 0 Å². The SMILES string of the molecule is CNCC1CCCN1Cc1cn2ccccc2n1. The number of likely N-dealkylation sites (tertiary alicyclic amines) is 1. The van der Waals surface area contributed by atoms with Crippen molar-refractivity contribution in [2.75, 3.05) is 20.1 Å². The van der Waals surface area contributed by atoms with E-state index in [-0.39, 0.29) is 0 Å². The van der Waals surface area contributed by atoms with Gasteiger partial charge in [-0.2, -0.15) is 0 Å². The number of likely N-dealkylation sites (N-methyl/N-ethyl adjacent to an activating group) is 1. The van der Waals surface area contributed by atoms with E-state index in [0.29, 0.717) is 6.04 Å². The predicted molar refractivity (Wildman–Crippen MR) is 72.6 cm³/mol. The van der Waals surface area contributed by atoms with Gasteiger partial charge < -0.3 is 9.72 Å². The summed E-state index contributed by atoms with van der Waals surface area (Å²) in [5.41, 5.74) is 2.21. The van der Waals surface area contributed by atoms with Crippen LogP contribution in [-0.4, -0.2) is 40.5 Å². The van der Waals surface area contributed by atoms with Crippen LogP contribution in [0.4, 0.5) is 0 Å². The molecule has 0 aliphatic carbocycles. The van der Waals surface area contributed by atoms with Gasteiger partial charge in [0.05, 0.1) is 5.69 Å². The summed E-state index contributed by atoms with van der Waals surface area (Å²) < 4.78 is 2.10. The zero-order valence-electron chi connectivity index (χ0n) is 10.8. The summed E-state index contributed by atoms with van der Waals surface area (Å²) in [6.07, 6.45) is 6.80. The van der Waals surface area contributed by atoms with Gasteiger partial charge in [-0.3, -0.25) is 4.90 Å². The Kier molecular flexibility index (Phi) is 3.30. The van der Waals surface area contributed by atoms with Gasteiger partial charge in [-0.1, -0.05) is 6.07 Å². The molecule has 1 unspecified atom stereocenters. The second kappa shape index (κ2) is 5.08. The number of fused-ring (bicyclic) bond motifs is 1. The van der Waals surface area contributed by atoms with Crippen LogP contribution in [0.5, 0.6) is 0 Å². The molecule has 1 aliphatic heterocycles. The van der Waals surface area contributed by atoms with E-state index in [1.807, 2.05) is 19.2 Å². The molecule has 3 heterocycles. The average Bonchev–Trinajstić information content (AvgIpc) is 2.97. The lowest BCUT2D eigenvalue weighted by Crippen LogP contribution is -2.36. The Morgan fingerprint density at radius 2 is 2.39 bits per heavy atom. The molecule has 0 bridgehead atoms. The predicted octanol–water partition coefficient (Wildman–Crippen LogP) is 1.52. The highest BCUT2D eigenvalue weighted by atomic mass is 15.2. The Bertz CT molecular complexity index is 486. The molecule has 2 aromatic rings. The first-order chi connectivity index (χ1) is 8.86. The van der Waals surface area contributed by atoms with Crippen LogP contribution in [0, 0.1) is 0 Å². The Balaban J connectivity index is 1.75. The first-order valence-corrected chi connectivity index (χ1v) is 6.68. The Hall–Kier alpha value is -1.39. The number of hydrogen-bond acceptors (Lipinski definition) is 3. The van der Waals surface area contributed by atoms with E-state index < -0.39 is 0 Å². The van der Waals surface area contributed by atoms with Crippen molar-refractivity contribution in [2.24, 2.45) is 0 Å². The second-order valence-corrected chi connectivity index (χ2v) is 5.02. The fraction of sp³-hybridized carbons (Fsp3) is 0.500. The maximum absolute atomic E-state index is 4.67. The van der Waals surface area contributed by atoms with Crippen molar-refractivity contribution in [3.8, 4) is 0 Å². The number of aromatic nitrogens is 2. The van der Waals surface area contributed by atoms with Gasteiger partial charge in [0.1, 0.15) is 5.65 Å². The summed E-state index contributed by atoms with van der Waals surface area (Å²) in [5, 5.41) is 3.28. The molecular weight excluding hydrogens is 224 g/mol. The maximum Gasteiger partial charge on any atom is 0.137 e. The van der Waals surface area contributed by atoms with E-state index in [1.54, 1.807) is 0 Å². The molecule has 1 fully saturated rings. The highest BCUT2D eigenvalue weighted by Crippen LogP contribution is 2.19. The summed E-state index contributed by atoms with van der Waals surface area (Å²) in [6.45, 7) is 3.24. The number of nitrogens with zero attached hydrogens (tertiary/aromatic N) is 3. The molecule has 3 rings (SSSR count). The standard InChI is InChI=1S/C14H20N4/c1-15-9-13-5-4-8-17(13)10-12-11-18-7-3-2-6-14(18)16-12/h2-3,6-7,11,13,15H,4-5,8-10H2,1H3. The molecule has 0 amide bonds. The molecule has 0 spiro atoms. The summed E-state index contributed by atoms with van der Waals surface area (Å²) >= 11 is 0. The minimum atomic E-state index is 0.666. The third-order valence-electron chi connectivity index (χ3n) is 3.72. The lowest BCUT2D eigenvalue weighted by molar-refractivity contribution is 0.240. The average molecular weight is 244 g/mol. The van der Waals surface area contributed by atoms with Crippen molar-refractivity contribution < 1.29 is 0 Å². The third kappa shape index (κ3) is 2.26.